The van der Waals surface area contributed by atoms with Crippen LogP contribution in [-0.2, 0) is 4.79 Å². The van der Waals surface area contributed by atoms with Crippen LogP contribution in [0.25, 0.3) is 0 Å². The van der Waals surface area contributed by atoms with Gasteiger partial charge in [-0.05, 0) is 43.0 Å². The molecule has 0 saturated heterocycles. The van der Waals surface area contributed by atoms with Crippen molar-refractivity contribution in [3.63, 3.8) is 0 Å². The van der Waals surface area contributed by atoms with Crippen LogP contribution in [0.4, 0.5) is 14.5 Å². The number of anilines is 1. The topological polar surface area (TPSA) is 64.4 Å². The summed E-state index contributed by atoms with van der Waals surface area (Å²) >= 11 is 0. The van der Waals surface area contributed by atoms with Crippen molar-refractivity contribution in [1.82, 2.24) is 0 Å². The Labute approximate surface area is 122 Å². The van der Waals surface area contributed by atoms with Crippen molar-refractivity contribution in [2.75, 3.05) is 5.32 Å². The first-order valence-electron chi connectivity index (χ1n) is 7.15. The normalized spacial score (nSPS) is 22.1. The van der Waals surface area contributed by atoms with E-state index in [0.717, 1.165) is 25.7 Å². The predicted octanol–water partition coefficient (Wildman–Crippen LogP) is 3.13. The van der Waals surface area contributed by atoms with Gasteiger partial charge in [-0.15, -0.1) is 0 Å². The lowest BCUT2D eigenvalue weighted by Crippen LogP contribution is -2.35. The Balaban J connectivity index is 1.84. The number of hydrogen-bond donors (Lipinski definition) is 2. The number of carbonyl (C=O) groups excluding carboxylic acids is 1. The summed E-state index contributed by atoms with van der Waals surface area (Å²) in [4.78, 5) is 12.0. The van der Waals surface area contributed by atoms with Gasteiger partial charge in [0, 0.05) is 18.2 Å². The average Bonchev–Trinajstić information content (AvgIpc) is 2.43. The first-order chi connectivity index (χ1) is 10.0. The van der Waals surface area contributed by atoms with Crippen LogP contribution in [0.3, 0.4) is 0 Å². The summed E-state index contributed by atoms with van der Waals surface area (Å²) in [6.07, 6.45) is 4.60. The average molecular weight is 298 g/mol. The summed E-state index contributed by atoms with van der Waals surface area (Å²) in [6, 6.07) is 5.96. The van der Waals surface area contributed by atoms with E-state index in [-0.39, 0.29) is 23.6 Å². The molecule has 0 aliphatic heterocycles. The van der Waals surface area contributed by atoms with E-state index in [4.69, 9.17) is 5.73 Å². The SMILES string of the molecule is NC1CCCCC1CC(=O)Nc1ccc(OC(F)F)cc1. The number of rotatable bonds is 5. The van der Waals surface area contributed by atoms with E-state index in [0.29, 0.717) is 12.1 Å². The second-order valence-corrected chi connectivity index (χ2v) is 5.36. The minimum atomic E-state index is -2.85. The quantitative estimate of drug-likeness (QED) is 0.877. The lowest BCUT2D eigenvalue weighted by molar-refractivity contribution is -0.117. The number of nitrogens with one attached hydrogen (secondary N) is 1. The highest BCUT2D eigenvalue weighted by atomic mass is 19.3. The molecule has 1 fully saturated rings. The molecular weight excluding hydrogens is 278 g/mol. The van der Waals surface area contributed by atoms with E-state index in [1.807, 2.05) is 0 Å². The molecule has 2 unspecified atom stereocenters. The lowest BCUT2D eigenvalue weighted by atomic mass is 9.83. The predicted molar refractivity (Wildman–Crippen MR) is 76.3 cm³/mol. The van der Waals surface area contributed by atoms with Crippen LogP contribution in [-0.4, -0.2) is 18.6 Å². The van der Waals surface area contributed by atoms with Crippen molar-refractivity contribution < 1.29 is 18.3 Å². The minimum absolute atomic E-state index is 0.0669. The van der Waals surface area contributed by atoms with Crippen LogP contribution in [0, 0.1) is 5.92 Å². The maximum Gasteiger partial charge on any atom is 0.387 e. The van der Waals surface area contributed by atoms with Gasteiger partial charge in [0.2, 0.25) is 5.91 Å². The summed E-state index contributed by atoms with van der Waals surface area (Å²) < 4.78 is 28.3. The molecule has 1 amide bonds. The number of carbonyl (C=O) groups is 1. The Morgan fingerprint density at radius 3 is 2.57 bits per heavy atom. The van der Waals surface area contributed by atoms with Crippen molar-refractivity contribution in [1.29, 1.82) is 0 Å². The molecule has 21 heavy (non-hydrogen) atoms. The Morgan fingerprint density at radius 1 is 1.29 bits per heavy atom. The zero-order chi connectivity index (χ0) is 15.2. The third-order valence-electron chi connectivity index (χ3n) is 3.78. The van der Waals surface area contributed by atoms with Gasteiger partial charge in [0.05, 0.1) is 0 Å². The highest BCUT2D eigenvalue weighted by Gasteiger charge is 2.24. The fourth-order valence-corrected chi connectivity index (χ4v) is 2.66. The zero-order valence-electron chi connectivity index (χ0n) is 11.7. The van der Waals surface area contributed by atoms with E-state index in [2.05, 4.69) is 10.1 Å². The summed E-state index contributed by atoms with van der Waals surface area (Å²) in [5, 5.41) is 2.75. The number of alkyl halides is 2. The van der Waals surface area contributed by atoms with Gasteiger partial charge >= 0.3 is 6.61 Å². The van der Waals surface area contributed by atoms with Gasteiger partial charge in [0.25, 0.3) is 0 Å². The van der Waals surface area contributed by atoms with Gasteiger partial charge < -0.3 is 15.8 Å². The molecule has 1 aliphatic carbocycles. The van der Waals surface area contributed by atoms with Crippen LogP contribution in [0.2, 0.25) is 0 Å². The Bertz CT molecular complexity index is 465. The number of hydrogen-bond acceptors (Lipinski definition) is 3. The number of benzene rings is 1. The molecule has 1 aliphatic rings. The summed E-state index contributed by atoms with van der Waals surface area (Å²) in [6.45, 7) is -2.85. The van der Waals surface area contributed by atoms with E-state index in [1.54, 1.807) is 0 Å². The largest absolute Gasteiger partial charge is 0.435 e. The minimum Gasteiger partial charge on any atom is -0.435 e. The molecule has 116 valence electrons. The van der Waals surface area contributed by atoms with Gasteiger partial charge in [-0.25, -0.2) is 0 Å². The molecular formula is C15H20F2N2O2. The fourth-order valence-electron chi connectivity index (χ4n) is 2.66. The van der Waals surface area contributed by atoms with E-state index >= 15 is 0 Å². The third kappa shape index (κ3) is 4.97. The lowest BCUT2D eigenvalue weighted by Gasteiger charge is -2.27. The molecule has 0 aromatic heterocycles. The molecule has 2 rings (SSSR count). The molecule has 6 heteroatoms. The Morgan fingerprint density at radius 2 is 1.95 bits per heavy atom. The monoisotopic (exact) mass is 298 g/mol. The summed E-state index contributed by atoms with van der Waals surface area (Å²) in [7, 11) is 0. The van der Waals surface area contributed by atoms with Crippen LogP contribution >= 0.6 is 0 Å². The third-order valence-corrected chi connectivity index (χ3v) is 3.78. The molecule has 3 N–H and O–H groups in total. The Kier molecular flexibility index (Phi) is 5.50. The molecule has 0 radical (unpaired) electrons. The number of ether oxygens (including phenoxy) is 1. The zero-order valence-corrected chi connectivity index (χ0v) is 11.7. The molecule has 0 heterocycles. The number of halogens is 2. The van der Waals surface area contributed by atoms with Gasteiger partial charge in [0.15, 0.2) is 0 Å². The second-order valence-electron chi connectivity index (χ2n) is 5.36. The number of amides is 1. The first-order valence-corrected chi connectivity index (χ1v) is 7.15. The van der Waals surface area contributed by atoms with Gasteiger partial charge in [-0.3, -0.25) is 4.79 Å². The van der Waals surface area contributed by atoms with E-state index in [1.165, 1.54) is 24.3 Å². The highest BCUT2D eigenvalue weighted by molar-refractivity contribution is 5.90. The van der Waals surface area contributed by atoms with Crippen molar-refractivity contribution in [3.05, 3.63) is 24.3 Å². The van der Waals surface area contributed by atoms with Gasteiger partial charge in [0.1, 0.15) is 5.75 Å². The number of nitrogens with two attached hydrogens (primary N) is 1. The molecule has 1 aromatic carbocycles. The summed E-state index contributed by atoms with van der Waals surface area (Å²) in [5.41, 5.74) is 6.58. The van der Waals surface area contributed by atoms with Crippen molar-refractivity contribution in [2.24, 2.45) is 11.7 Å². The van der Waals surface area contributed by atoms with Gasteiger partial charge in [-0.2, -0.15) is 8.78 Å². The van der Waals surface area contributed by atoms with Crippen molar-refractivity contribution in [2.45, 2.75) is 44.8 Å². The van der Waals surface area contributed by atoms with Crippen molar-refractivity contribution >= 4 is 11.6 Å². The highest BCUT2D eigenvalue weighted by Crippen LogP contribution is 2.26. The van der Waals surface area contributed by atoms with E-state index < -0.39 is 6.61 Å². The molecule has 1 aromatic rings. The molecule has 0 spiro atoms. The Hall–Kier alpha value is -1.69. The maximum atomic E-state index is 12.0. The smallest absolute Gasteiger partial charge is 0.387 e. The van der Waals surface area contributed by atoms with Crippen LogP contribution in [0.1, 0.15) is 32.1 Å². The summed E-state index contributed by atoms with van der Waals surface area (Å²) in [5.74, 6) is 0.192. The van der Waals surface area contributed by atoms with E-state index in [9.17, 15) is 13.6 Å². The molecule has 1 saturated carbocycles. The fraction of sp³-hybridized carbons (Fsp3) is 0.533. The second kappa shape index (κ2) is 7.36. The maximum absolute atomic E-state index is 12.0. The molecule has 2 atom stereocenters. The molecule has 4 nitrogen and oxygen atoms in total. The first kappa shape index (κ1) is 15.7. The van der Waals surface area contributed by atoms with Crippen molar-refractivity contribution in [3.8, 4) is 5.75 Å². The van der Waals surface area contributed by atoms with Crippen LogP contribution < -0.4 is 15.8 Å². The van der Waals surface area contributed by atoms with Crippen LogP contribution in [0.15, 0.2) is 24.3 Å². The van der Waals surface area contributed by atoms with Crippen LogP contribution in [0.5, 0.6) is 5.75 Å². The molecule has 0 bridgehead atoms. The standard InChI is InChI=1S/C15H20F2N2O2/c16-15(17)21-12-7-5-11(6-8-12)19-14(20)9-10-3-1-2-4-13(10)18/h5-8,10,13,15H,1-4,9,18H2,(H,19,20). The van der Waals surface area contributed by atoms with Gasteiger partial charge in [-0.1, -0.05) is 12.8 Å².